The predicted molar refractivity (Wildman–Crippen MR) is 71.7 cm³/mol. The van der Waals surface area contributed by atoms with Gasteiger partial charge in [0.15, 0.2) is 0 Å². The van der Waals surface area contributed by atoms with E-state index in [1.54, 1.807) is 7.11 Å². The van der Waals surface area contributed by atoms with Gasteiger partial charge < -0.3 is 9.74 Å². The Balaban J connectivity index is 2.14. The summed E-state index contributed by atoms with van der Waals surface area (Å²) in [6.07, 6.45) is 3.51. The number of benzene rings is 1. The molecule has 1 aromatic rings. The average molecular weight is 232 g/mol. The quantitative estimate of drug-likeness (QED) is 0.589. The molecular weight excluding hydrogens is 212 g/mol. The van der Waals surface area contributed by atoms with Crippen LogP contribution in [0.25, 0.3) is 0 Å². The molecule has 0 atom stereocenters. The maximum atomic E-state index is 4.86. The van der Waals surface area contributed by atoms with Crippen molar-refractivity contribution in [2.45, 2.75) is 26.2 Å². The minimum atomic E-state index is 0.886. The standard InChI is InChI=1S/C14H20N2O/c1-3-14(15-17-2)12-6-8-13(9-7-12)16-10-4-5-11-16/h6-9H,3-5,10-11H2,1-2H3/b15-14+. The van der Waals surface area contributed by atoms with Crippen molar-refractivity contribution in [2.75, 3.05) is 25.1 Å². The van der Waals surface area contributed by atoms with Crippen molar-refractivity contribution in [1.82, 2.24) is 0 Å². The van der Waals surface area contributed by atoms with Gasteiger partial charge in [0.05, 0.1) is 5.71 Å². The smallest absolute Gasteiger partial charge is 0.106 e. The third-order valence-corrected chi connectivity index (χ3v) is 3.21. The summed E-state index contributed by atoms with van der Waals surface area (Å²) in [4.78, 5) is 7.29. The van der Waals surface area contributed by atoms with Crippen molar-refractivity contribution < 1.29 is 4.84 Å². The second-order valence-electron chi connectivity index (χ2n) is 4.32. The third kappa shape index (κ3) is 2.78. The van der Waals surface area contributed by atoms with E-state index in [0.717, 1.165) is 17.7 Å². The highest BCUT2D eigenvalue weighted by Crippen LogP contribution is 2.21. The van der Waals surface area contributed by atoms with E-state index in [2.05, 4.69) is 41.2 Å². The molecule has 0 amide bonds. The molecule has 0 spiro atoms. The van der Waals surface area contributed by atoms with Crippen molar-refractivity contribution in [2.24, 2.45) is 5.16 Å². The molecule has 0 bridgehead atoms. The molecule has 17 heavy (non-hydrogen) atoms. The highest BCUT2D eigenvalue weighted by Gasteiger charge is 2.12. The zero-order valence-electron chi connectivity index (χ0n) is 10.6. The summed E-state index contributed by atoms with van der Waals surface area (Å²) in [6, 6.07) is 8.63. The van der Waals surface area contributed by atoms with Crippen molar-refractivity contribution in [1.29, 1.82) is 0 Å². The molecule has 1 aliphatic heterocycles. The van der Waals surface area contributed by atoms with Crippen molar-refractivity contribution in [3.8, 4) is 0 Å². The predicted octanol–water partition coefficient (Wildman–Crippen LogP) is 3.05. The molecular formula is C14H20N2O. The number of nitrogens with zero attached hydrogens (tertiary/aromatic N) is 2. The van der Waals surface area contributed by atoms with Gasteiger partial charge in [-0.2, -0.15) is 0 Å². The van der Waals surface area contributed by atoms with Gasteiger partial charge in [-0.3, -0.25) is 0 Å². The van der Waals surface area contributed by atoms with Crippen molar-refractivity contribution in [3.05, 3.63) is 29.8 Å². The summed E-state index contributed by atoms with van der Waals surface area (Å²) in [5.41, 5.74) is 3.47. The van der Waals surface area contributed by atoms with Gasteiger partial charge >= 0.3 is 0 Å². The maximum Gasteiger partial charge on any atom is 0.106 e. The Bertz CT molecular complexity index is 378. The summed E-state index contributed by atoms with van der Waals surface area (Å²) in [7, 11) is 1.59. The van der Waals surface area contributed by atoms with Crippen LogP contribution in [0, 0.1) is 0 Å². The minimum absolute atomic E-state index is 0.886. The third-order valence-electron chi connectivity index (χ3n) is 3.21. The summed E-state index contributed by atoms with van der Waals surface area (Å²) < 4.78 is 0. The first kappa shape index (κ1) is 12.0. The van der Waals surface area contributed by atoms with Crippen LogP contribution in [-0.4, -0.2) is 25.9 Å². The summed E-state index contributed by atoms with van der Waals surface area (Å²) in [6.45, 7) is 4.46. The van der Waals surface area contributed by atoms with Crippen LogP contribution in [0.15, 0.2) is 29.4 Å². The Labute approximate surface area is 103 Å². The van der Waals surface area contributed by atoms with E-state index in [4.69, 9.17) is 4.84 Å². The van der Waals surface area contributed by atoms with E-state index >= 15 is 0 Å². The largest absolute Gasteiger partial charge is 0.399 e. The lowest BCUT2D eigenvalue weighted by Crippen LogP contribution is -2.17. The molecule has 3 heteroatoms. The molecule has 0 unspecified atom stereocenters. The Morgan fingerprint density at radius 2 is 1.88 bits per heavy atom. The SMILES string of the molecule is CC/C(=N\OC)c1ccc(N2CCCC2)cc1. The van der Waals surface area contributed by atoms with Crippen LogP contribution < -0.4 is 4.90 Å². The lowest BCUT2D eigenvalue weighted by molar-refractivity contribution is 0.213. The average Bonchev–Trinajstić information content (AvgIpc) is 2.90. The van der Waals surface area contributed by atoms with Crippen LogP contribution >= 0.6 is 0 Å². The Morgan fingerprint density at radius 1 is 1.24 bits per heavy atom. The number of rotatable bonds is 4. The van der Waals surface area contributed by atoms with Gasteiger partial charge in [-0.15, -0.1) is 0 Å². The van der Waals surface area contributed by atoms with E-state index in [1.807, 2.05) is 0 Å². The molecule has 3 nitrogen and oxygen atoms in total. The Hall–Kier alpha value is -1.51. The molecule has 2 rings (SSSR count). The van der Waals surface area contributed by atoms with E-state index in [1.165, 1.54) is 31.6 Å². The molecule has 1 aromatic carbocycles. The molecule has 1 aliphatic rings. The normalized spacial score (nSPS) is 16.4. The Kier molecular flexibility index (Phi) is 4.02. The van der Waals surface area contributed by atoms with Crippen molar-refractivity contribution >= 4 is 11.4 Å². The second-order valence-corrected chi connectivity index (χ2v) is 4.32. The topological polar surface area (TPSA) is 24.8 Å². The van der Waals surface area contributed by atoms with E-state index < -0.39 is 0 Å². The minimum Gasteiger partial charge on any atom is -0.399 e. The van der Waals surface area contributed by atoms with Gasteiger partial charge in [-0.25, -0.2) is 0 Å². The van der Waals surface area contributed by atoms with Gasteiger partial charge in [0.25, 0.3) is 0 Å². The molecule has 1 fully saturated rings. The zero-order valence-corrected chi connectivity index (χ0v) is 10.6. The number of anilines is 1. The zero-order chi connectivity index (χ0) is 12.1. The molecule has 0 saturated carbocycles. The fourth-order valence-electron chi connectivity index (χ4n) is 2.27. The van der Waals surface area contributed by atoms with Crippen LogP contribution in [0.5, 0.6) is 0 Å². The molecule has 1 saturated heterocycles. The van der Waals surface area contributed by atoms with Crippen LogP contribution in [0.1, 0.15) is 31.7 Å². The molecule has 0 aromatic heterocycles. The molecule has 1 heterocycles. The fourth-order valence-corrected chi connectivity index (χ4v) is 2.27. The monoisotopic (exact) mass is 232 g/mol. The number of hydrogen-bond acceptors (Lipinski definition) is 3. The highest BCUT2D eigenvalue weighted by molar-refractivity contribution is 6.00. The molecule has 92 valence electrons. The first-order valence-electron chi connectivity index (χ1n) is 6.30. The van der Waals surface area contributed by atoms with Crippen LogP contribution in [0.4, 0.5) is 5.69 Å². The van der Waals surface area contributed by atoms with E-state index in [0.29, 0.717) is 0 Å². The van der Waals surface area contributed by atoms with Crippen molar-refractivity contribution in [3.63, 3.8) is 0 Å². The van der Waals surface area contributed by atoms with Crippen LogP contribution in [-0.2, 0) is 4.84 Å². The molecule has 0 radical (unpaired) electrons. The van der Waals surface area contributed by atoms with Gasteiger partial charge in [0.2, 0.25) is 0 Å². The summed E-state index contributed by atoms with van der Waals surface area (Å²) >= 11 is 0. The lowest BCUT2D eigenvalue weighted by atomic mass is 10.1. The molecule has 0 N–H and O–H groups in total. The second kappa shape index (κ2) is 5.71. The number of hydrogen-bond donors (Lipinski definition) is 0. The summed E-state index contributed by atoms with van der Waals surface area (Å²) in [5, 5.41) is 4.04. The maximum absolute atomic E-state index is 4.86. The van der Waals surface area contributed by atoms with Gasteiger partial charge in [0, 0.05) is 18.8 Å². The number of oxime groups is 1. The van der Waals surface area contributed by atoms with E-state index in [9.17, 15) is 0 Å². The van der Waals surface area contributed by atoms with Gasteiger partial charge in [0.1, 0.15) is 7.11 Å². The molecule has 0 aliphatic carbocycles. The Morgan fingerprint density at radius 3 is 2.41 bits per heavy atom. The van der Waals surface area contributed by atoms with Gasteiger partial charge in [-0.1, -0.05) is 24.2 Å². The summed E-state index contributed by atoms with van der Waals surface area (Å²) in [5.74, 6) is 0. The van der Waals surface area contributed by atoms with Crippen LogP contribution in [0.3, 0.4) is 0 Å². The van der Waals surface area contributed by atoms with Gasteiger partial charge in [-0.05, 0) is 37.0 Å². The highest BCUT2D eigenvalue weighted by atomic mass is 16.6. The lowest BCUT2D eigenvalue weighted by Gasteiger charge is -2.17. The first-order chi connectivity index (χ1) is 8.35. The first-order valence-corrected chi connectivity index (χ1v) is 6.30. The fraction of sp³-hybridized carbons (Fsp3) is 0.500. The van der Waals surface area contributed by atoms with Crippen LogP contribution in [0.2, 0.25) is 0 Å². The van der Waals surface area contributed by atoms with E-state index in [-0.39, 0.29) is 0 Å².